The molecule has 0 fully saturated rings. The quantitative estimate of drug-likeness (QED) is 0.730. The standard InChI is InChI=1S/C16H22N4O/c1-13-12-15(17-10-11-21-2)20-16(19-13)18-9-8-14-6-4-3-5-7-14/h3-7,12H,8-11H2,1-2H3,(H2,17,18,19,20). The highest BCUT2D eigenvalue weighted by atomic mass is 16.5. The van der Waals surface area contributed by atoms with Crippen LogP contribution in [0.25, 0.3) is 0 Å². The molecule has 1 heterocycles. The molecule has 0 atom stereocenters. The Balaban J connectivity index is 1.87. The van der Waals surface area contributed by atoms with Crippen LogP contribution in [0, 0.1) is 6.92 Å². The minimum Gasteiger partial charge on any atom is -0.383 e. The number of rotatable bonds is 8. The van der Waals surface area contributed by atoms with E-state index in [1.807, 2.05) is 19.1 Å². The second kappa shape index (κ2) is 8.21. The van der Waals surface area contributed by atoms with E-state index in [1.165, 1.54) is 5.56 Å². The fourth-order valence-electron chi connectivity index (χ4n) is 1.98. The molecule has 21 heavy (non-hydrogen) atoms. The van der Waals surface area contributed by atoms with Gasteiger partial charge in [-0.25, -0.2) is 4.98 Å². The zero-order chi connectivity index (χ0) is 14.9. The van der Waals surface area contributed by atoms with Gasteiger partial charge in [-0.1, -0.05) is 30.3 Å². The molecule has 1 aromatic heterocycles. The summed E-state index contributed by atoms with van der Waals surface area (Å²) in [4.78, 5) is 8.85. The minimum atomic E-state index is 0.653. The number of anilines is 2. The third-order valence-electron chi connectivity index (χ3n) is 3.01. The molecule has 0 unspecified atom stereocenters. The maximum Gasteiger partial charge on any atom is 0.224 e. The van der Waals surface area contributed by atoms with Gasteiger partial charge in [0.05, 0.1) is 6.61 Å². The van der Waals surface area contributed by atoms with Gasteiger partial charge in [0.1, 0.15) is 5.82 Å². The zero-order valence-electron chi connectivity index (χ0n) is 12.6. The molecule has 0 aliphatic heterocycles. The number of aromatic nitrogens is 2. The van der Waals surface area contributed by atoms with Gasteiger partial charge >= 0.3 is 0 Å². The van der Waals surface area contributed by atoms with Gasteiger partial charge in [-0.3, -0.25) is 0 Å². The van der Waals surface area contributed by atoms with Gasteiger partial charge in [-0.05, 0) is 18.9 Å². The molecule has 0 saturated carbocycles. The van der Waals surface area contributed by atoms with Crippen LogP contribution in [-0.4, -0.2) is 36.8 Å². The van der Waals surface area contributed by atoms with Gasteiger partial charge in [0, 0.05) is 32.0 Å². The lowest BCUT2D eigenvalue weighted by atomic mass is 10.1. The lowest BCUT2D eigenvalue weighted by molar-refractivity contribution is 0.210. The monoisotopic (exact) mass is 286 g/mol. The van der Waals surface area contributed by atoms with Crippen LogP contribution in [0.2, 0.25) is 0 Å². The highest BCUT2D eigenvalue weighted by Gasteiger charge is 2.01. The minimum absolute atomic E-state index is 0.653. The average molecular weight is 286 g/mol. The van der Waals surface area contributed by atoms with E-state index in [2.05, 4.69) is 44.9 Å². The molecule has 5 heteroatoms. The first-order chi connectivity index (χ1) is 10.3. The Kier molecular flexibility index (Phi) is 5.97. The van der Waals surface area contributed by atoms with Crippen LogP contribution in [0.1, 0.15) is 11.3 Å². The van der Waals surface area contributed by atoms with Crippen molar-refractivity contribution in [1.82, 2.24) is 9.97 Å². The fourth-order valence-corrected chi connectivity index (χ4v) is 1.98. The van der Waals surface area contributed by atoms with E-state index in [0.717, 1.165) is 31.0 Å². The van der Waals surface area contributed by atoms with E-state index in [-0.39, 0.29) is 0 Å². The molecule has 0 aliphatic rings. The first-order valence-electron chi connectivity index (χ1n) is 7.14. The molecule has 0 radical (unpaired) electrons. The number of methoxy groups -OCH3 is 1. The molecule has 112 valence electrons. The van der Waals surface area contributed by atoms with Gasteiger partial charge < -0.3 is 15.4 Å². The lowest BCUT2D eigenvalue weighted by Gasteiger charge is -2.09. The summed E-state index contributed by atoms with van der Waals surface area (Å²) >= 11 is 0. The Hall–Kier alpha value is -2.14. The summed E-state index contributed by atoms with van der Waals surface area (Å²) in [5.74, 6) is 1.48. The maximum atomic E-state index is 5.02. The van der Waals surface area contributed by atoms with Gasteiger partial charge in [-0.2, -0.15) is 4.98 Å². The normalized spacial score (nSPS) is 10.4. The average Bonchev–Trinajstić information content (AvgIpc) is 2.48. The van der Waals surface area contributed by atoms with E-state index < -0.39 is 0 Å². The summed E-state index contributed by atoms with van der Waals surface area (Å²) in [5, 5.41) is 6.49. The zero-order valence-corrected chi connectivity index (χ0v) is 12.6. The molecular formula is C16H22N4O. The van der Waals surface area contributed by atoms with Gasteiger partial charge in [0.2, 0.25) is 5.95 Å². The van der Waals surface area contributed by atoms with Crippen molar-refractivity contribution in [2.24, 2.45) is 0 Å². The summed E-state index contributed by atoms with van der Waals surface area (Å²) in [6.07, 6.45) is 0.949. The molecule has 0 spiro atoms. The Labute approximate surface area is 125 Å². The molecule has 2 N–H and O–H groups in total. The third-order valence-corrected chi connectivity index (χ3v) is 3.01. The van der Waals surface area contributed by atoms with Crippen molar-refractivity contribution >= 4 is 11.8 Å². The summed E-state index contributed by atoms with van der Waals surface area (Å²) in [6, 6.07) is 12.3. The number of benzene rings is 1. The lowest BCUT2D eigenvalue weighted by Crippen LogP contribution is -2.12. The molecule has 0 amide bonds. The number of nitrogens with one attached hydrogen (secondary N) is 2. The Morgan fingerprint density at radius 2 is 1.86 bits per heavy atom. The number of hydrogen-bond acceptors (Lipinski definition) is 5. The van der Waals surface area contributed by atoms with E-state index in [1.54, 1.807) is 7.11 Å². The van der Waals surface area contributed by atoms with Crippen LogP contribution in [0.4, 0.5) is 11.8 Å². The van der Waals surface area contributed by atoms with E-state index >= 15 is 0 Å². The predicted molar refractivity (Wildman–Crippen MR) is 85.8 cm³/mol. The highest BCUT2D eigenvalue weighted by Crippen LogP contribution is 2.09. The maximum absolute atomic E-state index is 5.02. The van der Waals surface area contributed by atoms with Gasteiger partial charge in [-0.15, -0.1) is 0 Å². The van der Waals surface area contributed by atoms with E-state index in [0.29, 0.717) is 12.6 Å². The van der Waals surface area contributed by atoms with Crippen molar-refractivity contribution < 1.29 is 4.74 Å². The van der Waals surface area contributed by atoms with Crippen LogP contribution >= 0.6 is 0 Å². The van der Waals surface area contributed by atoms with Crippen LogP contribution in [0.5, 0.6) is 0 Å². The van der Waals surface area contributed by atoms with Crippen molar-refractivity contribution in [2.45, 2.75) is 13.3 Å². The summed E-state index contributed by atoms with van der Waals surface area (Å²) in [5.41, 5.74) is 2.24. The predicted octanol–water partition coefficient (Wildman–Crippen LogP) is 2.50. The second-order valence-electron chi connectivity index (χ2n) is 4.80. The summed E-state index contributed by atoms with van der Waals surface area (Å²) in [7, 11) is 1.68. The van der Waals surface area contributed by atoms with Gasteiger partial charge in [0.25, 0.3) is 0 Å². The summed E-state index contributed by atoms with van der Waals surface area (Å²) < 4.78 is 5.02. The second-order valence-corrected chi connectivity index (χ2v) is 4.80. The molecule has 0 bridgehead atoms. The topological polar surface area (TPSA) is 59.1 Å². The van der Waals surface area contributed by atoms with Crippen molar-refractivity contribution in [1.29, 1.82) is 0 Å². The summed E-state index contributed by atoms with van der Waals surface area (Å²) in [6.45, 7) is 4.16. The molecule has 1 aromatic carbocycles. The van der Waals surface area contributed by atoms with Crippen molar-refractivity contribution in [2.75, 3.05) is 37.4 Å². The molecule has 2 aromatic rings. The van der Waals surface area contributed by atoms with Crippen LogP contribution in [0.3, 0.4) is 0 Å². The Bertz CT molecular complexity index is 545. The first-order valence-corrected chi connectivity index (χ1v) is 7.14. The number of nitrogens with zero attached hydrogens (tertiary/aromatic N) is 2. The van der Waals surface area contributed by atoms with Crippen LogP contribution in [0.15, 0.2) is 36.4 Å². The van der Waals surface area contributed by atoms with Crippen molar-refractivity contribution in [3.63, 3.8) is 0 Å². The van der Waals surface area contributed by atoms with Gasteiger partial charge in [0.15, 0.2) is 0 Å². The first kappa shape index (κ1) is 15.3. The molecular weight excluding hydrogens is 264 g/mol. The molecule has 5 nitrogen and oxygen atoms in total. The van der Waals surface area contributed by atoms with Crippen molar-refractivity contribution in [3.8, 4) is 0 Å². The highest BCUT2D eigenvalue weighted by molar-refractivity contribution is 5.42. The largest absolute Gasteiger partial charge is 0.383 e. The van der Waals surface area contributed by atoms with Crippen LogP contribution in [-0.2, 0) is 11.2 Å². The third kappa shape index (κ3) is 5.39. The number of hydrogen-bond donors (Lipinski definition) is 2. The molecule has 2 rings (SSSR count). The van der Waals surface area contributed by atoms with E-state index in [9.17, 15) is 0 Å². The van der Waals surface area contributed by atoms with Crippen molar-refractivity contribution in [3.05, 3.63) is 47.7 Å². The number of ether oxygens (including phenoxy) is 1. The van der Waals surface area contributed by atoms with E-state index in [4.69, 9.17) is 4.74 Å². The Morgan fingerprint density at radius 1 is 1.05 bits per heavy atom. The molecule has 0 aliphatic carbocycles. The van der Waals surface area contributed by atoms with Crippen LogP contribution < -0.4 is 10.6 Å². The fraction of sp³-hybridized carbons (Fsp3) is 0.375. The molecule has 0 saturated heterocycles. The number of aryl methyl sites for hydroxylation is 1. The Morgan fingerprint density at radius 3 is 2.62 bits per heavy atom. The SMILES string of the molecule is COCCNc1cc(C)nc(NCCc2ccccc2)n1. The smallest absolute Gasteiger partial charge is 0.224 e.